The second-order valence-electron chi connectivity index (χ2n) is 11.0. The number of ether oxygens (including phenoxy) is 2. The van der Waals surface area contributed by atoms with Crippen LogP contribution in [0, 0.1) is 5.82 Å². The number of nitrogens with zero attached hydrogens (tertiary/aromatic N) is 5. The smallest absolute Gasteiger partial charge is 0.380 e. The highest BCUT2D eigenvalue weighted by molar-refractivity contribution is 7.22. The first kappa shape index (κ1) is 26.7. The number of hydrogen-bond acceptors (Lipinski definition) is 8. The van der Waals surface area contributed by atoms with Crippen LogP contribution in [0.1, 0.15) is 72.7 Å². The zero-order valence-corrected chi connectivity index (χ0v) is 23.1. The van der Waals surface area contributed by atoms with Gasteiger partial charge in [-0.3, -0.25) is 5.10 Å². The van der Waals surface area contributed by atoms with Gasteiger partial charge in [-0.15, -0.1) is 0 Å². The van der Waals surface area contributed by atoms with Gasteiger partial charge < -0.3 is 14.4 Å². The lowest BCUT2D eigenvalue weighted by molar-refractivity contribution is -0.137. The van der Waals surface area contributed by atoms with Gasteiger partial charge in [0.25, 0.3) is 0 Å². The number of anilines is 1. The molecule has 2 aliphatic heterocycles. The molecule has 1 saturated carbocycles. The molecule has 0 spiro atoms. The molecule has 3 aromatic heterocycles. The topological polar surface area (TPSA) is 89.0 Å². The van der Waals surface area contributed by atoms with E-state index in [1.807, 2.05) is 6.20 Å². The van der Waals surface area contributed by atoms with Crippen LogP contribution in [-0.2, 0) is 15.7 Å². The van der Waals surface area contributed by atoms with E-state index in [0.29, 0.717) is 59.3 Å². The van der Waals surface area contributed by atoms with Gasteiger partial charge in [-0.2, -0.15) is 23.3 Å². The van der Waals surface area contributed by atoms with E-state index < -0.39 is 17.6 Å². The summed E-state index contributed by atoms with van der Waals surface area (Å²) >= 11 is 1.32. The van der Waals surface area contributed by atoms with Gasteiger partial charge >= 0.3 is 6.18 Å². The third-order valence-corrected chi connectivity index (χ3v) is 9.35. The van der Waals surface area contributed by atoms with Gasteiger partial charge in [-0.25, -0.2) is 14.4 Å². The summed E-state index contributed by atoms with van der Waals surface area (Å²) < 4.78 is 67.4. The molecule has 5 heterocycles. The van der Waals surface area contributed by atoms with Crippen molar-refractivity contribution in [3.63, 3.8) is 0 Å². The van der Waals surface area contributed by atoms with Gasteiger partial charge in [0.1, 0.15) is 16.3 Å². The lowest BCUT2D eigenvalue weighted by atomic mass is 9.90. The number of aromatic amines is 1. The zero-order chi connectivity index (χ0) is 28.3. The molecule has 2 saturated heterocycles. The summed E-state index contributed by atoms with van der Waals surface area (Å²) in [5.74, 6) is -0.121. The fraction of sp³-hybridized carbons (Fsp3) is 0.500. The normalized spacial score (nSPS) is 23.5. The number of halogens is 4. The van der Waals surface area contributed by atoms with Gasteiger partial charge in [0.2, 0.25) is 0 Å². The Bertz CT molecular complexity index is 1590. The van der Waals surface area contributed by atoms with Crippen molar-refractivity contribution in [2.45, 2.75) is 62.3 Å². The van der Waals surface area contributed by atoms with Gasteiger partial charge in [0.05, 0.1) is 29.7 Å². The molecule has 0 radical (unpaired) electrons. The van der Waals surface area contributed by atoms with E-state index in [1.165, 1.54) is 11.3 Å². The summed E-state index contributed by atoms with van der Waals surface area (Å²) in [6.07, 6.45) is 1.44. The fourth-order valence-corrected chi connectivity index (χ4v) is 6.86. The quantitative estimate of drug-likeness (QED) is 0.262. The van der Waals surface area contributed by atoms with Crippen molar-refractivity contribution in [3.8, 4) is 11.3 Å². The number of H-pyrrole nitrogens is 1. The number of nitrogens with one attached hydrogen (secondary N) is 1. The van der Waals surface area contributed by atoms with E-state index in [0.717, 1.165) is 49.2 Å². The largest absolute Gasteiger partial charge is 0.416 e. The maximum atomic E-state index is 15.3. The molecule has 3 aliphatic rings. The maximum Gasteiger partial charge on any atom is 0.416 e. The number of rotatable bonds is 6. The third-order valence-electron chi connectivity index (χ3n) is 8.24. The highest BCUT2D eigenvalue weighted by Gasteiger charge is 2.36. The van der Waals surface area contributed by atoms with Crippen LogP contribution in [0.25, 0.3) is 21.6 Å². The van der Waals surface area contributed by atoms with Crippen molar-refractivity contribution in [1.29, 1.82) is 0 Å². The summed E-state index contributed by atoms with van der Waals surface area (Å²) in [6.45, 7) is 1.90. The van der Waals surface area contributed by atoms with Crippen molar-refractivity contribution in [2.75, 3.05) is 31.7 Å². The molecule has 1 aliphatic carbocycles. The molecule has 1 unspecified atom stereocenters. The number of aromatic nitrogens is 5. The molecular weight excluding hydrogens is 560 g/mol. The first-order chi connectivity index (χ1) is 19.8. The molecule has 13 heteroatoms. The fourth-order valence-electron chi connectivity index (χ4n) is 5.82. The van der Waals surface area contributed by atoms with E-state index in [-0.39, 0.29) is 29.4 Å². The molecular formula is C28H28F4N6O2S. The average Bonchev–Trinajstić information content (AvgIpc) is 3.34. The molecule has 4 aromatic rings. The summed E-state index contributed by atoms with van der Waals surface area (Å²) in [7, 11) is 1.67. The van der Waals surface area contributed by atoms with Crippen LogP contribution >= 0.6 is 11.3 Å². The first-order valence-electron chi connectivity index (χ1n) is 13.8. The molecule has 3 atom stereocenters. The van der Waals surface area contributed by atoms with Gasteiger partial charge in [0.15, 0.2) is 10.8 Å². The van der Waals surface area contributed by atoms with E-state index in [1.54, 1.807) is 7.11 Å². The van der Waals surface area contributed by atoms with Crippen molar-refractivity contribution < 1.29 is 27.0 Å². The Hall–Kier alpha value is -3.16. The molecule has 41 heavy (non-hydrogen) atoms. The van der Waals surface area contributed by atoms with E-state index >= 15 is 4.39 Å². The number of fused-ring (bicyclic) bond motifs is 1. The van der Waals surface area contributed by atoms with E-state index in [2.05, 4.69) is 15.1 Å². The maximum absolute atomic E-state index is 15.3. The monoisotopic (exact) mass is 588 g/mol. The van der Waals surface area contributed by atoms with Crippen LogP contribution in [0.4, 0.5) is 22.7 Å². The van der Waals surface area contributed by atoms with Crippen molar-refractivity contribution in [2.24, 2.45) is 0 Å². The van der Waals surface area contributed by atoms with Crippen molar-refractivity contribution in [3.05, 3.63) is 52.9 Å². The minimum Gasteiger partial charge on any atom is -0.380 e. The van der Waals surface area contributed by atoms with Gasteiger partial charge in [0, 0.05) is 55.5 Å². The lowest BCUT2D eigenvalue weighted by Crippen LogP contribution is -2.22. The third kappa shape index (κ3) is 5.08. The summed E-state index contributed by atoms with van der Waals surface area (Å²) in [4.78, 5) is 16.5. The van der Waals surface area contributed by atoms with Crippen LogP contribution in [0.2, 0.25) is 0 Å². The number of hydrogen-bond donors (Lipinski definition) is 1. The Balaban J connectivity index is 1.29. The average molecular weight is 589 g/mol. The first-order valence-corrected chi connectivity index (χ1v) is 14.6. The van der Waals surface area contributed by atoms with Gasteiger partial charge in [-0.1, -0.05) is 11.3 Å². The molecule has 216 valence electrons. The van der Waals surface area contributed by atoms with Crippen LogP contribution in [-0.4, -0.2) is 58.1 Å². The lowest BCUT2D eigenvalue weighted by Gasteiger charge is -2.29. The Kier molecular flexibility index (Phi) is 6.70. The SMILES string of the molecule is CO[C@H]1CCN(c2nc3nc(C4CCO[C@@H](c5cn[nH]c5C5CC5)C4)nc(-c4ccc(C(F)(F)F)cc4F)c3s2)C1. The Morgan fingerprint density at radius 2 is 1.95 bits per heavy atom. The minimum atomic E-state index is -4.65. The molecule has 0 bridgehead atoms. The zero-order valence-electron chi connectivity index (χ0n) is 22.2. The van der Waals surface area contributed by atoms with Crippen molar-refractivity contribution >= 4 is 26.8 Å². The molecule has 3 fully saturated rings. The minimum absolute atomic E-state index is 0.00694. The molecule has 1 N–H and O–H groups in total. The predicted molar refractivity (Wildman–Crippen MR) is 144 cm³/mol. The van der Waals surface area contributed by atoms with E-state index in [9.17, 15) is 13.2 Å². The Morgan fingerprint density at radius 3 is 2.68 bits per heavy atom. The molecule has 0 amide bonds. The number of methoxy groups -OCH3 is 1. The van der Waals surface area contributed by atoms with Gasteiger partial charge in [-0.05, 0) is 50.3 Å². The predicted octanol–water partition coefficient (Wildman–Crippen LogP) is 6.37. The summed E-state index contributed by atoms with van der Waals surface area (Å²) in [6, 6.07) is 2.57. The number of thiazole rings is 1. The van der Waals surface area contributed by atoms with Crippen molar-refractivity contribution in [1.82, 2.24) is 25.1 Å². The van der Waals surface area contributed by atoms with Crippen LogP contribution in [0.5, 0.6) is 0 Å². The summed E-state index contributed by atoms with van der Waals surface area (Å²) in [5.41, 5.74) is 1.78. The molecule has 7 rings (SSSR count). The number of benzene rings is 1. The Morgan fingerprint density at radius 1 is 1.10 bits per heavy atom. The number of alkyl halides is 3. The highest BCUT2D eigenvalue weighted by atomic mass is 32.1. The molecule has 8 nitrogen and oxygen atoms in total. The molecule has 1 aromatic carbocycles. The highest BCUT2D eigenvalue weighted by Crippen LogP contribution is 2.46. The van der Waals surface area contributed by atoms with Crippen LogP contribution in [0.3, 0.4) is 0 Å². The van der Waals surface area contributed by atoms with Crippen LogP contribution in [0.15, 0.2) is 24.4 Å². The van der Waals surface area contributed by atoms with E-state index in [4.69, 9.17) is 24.4 Å². The second kappa shape index (κ2) is 10.3. The van der Waals surface area contributed by atoms with Crippen LogP contribution < -0.4 is 4.90 Å². The Labute approximate surface area is 237 Å². The standard InChI is InChI=1S/C28H28F4N6O2S/c1-39-17-6-8-38(13-17)27-36-26-24(41-27)23(18-5-4-16(11-20(18)29)28(30,31)32)34-25(35-26)15-7-9-40-21(10-15)19-12-33-37-22(19)14-2-3-14/h4-5,11-12,14-15,17,21H,2-3,6-10,13H2,1H3,(H,33,37)/t15?,17-,21+/m0/s1. The second-order valence-corrected chi connectivity index (χ2v) is 11.9. The summed E-state index contributed by atoms with van der Waals surface area (Å²) in [5, 5.41) is 8.09.